The van der Waals surface area contributed by atoms with Crippen molar-refractivity contribution in [2.75, 3.05) is 23.7 Å². The molecular formula is C28H46N2. The van der Waals surface area contributed by atoms with E-state index in [4.69, 9.17) is 5.73 Å². The first-order chi connectivity index (χ1) is 14.8. The average molecular weight is 411 g/mol. The van der Waals surface area contributed by atoms with Crippen molar-refractivity contribution in [1.29, 1.82) is 0 Å². The molecule has 2 rings (SSSR count). The molecule has 168 valence electrons. The fourth-order valence-electron chi connectivity index (χ4n) is 3.63. The van der Waals surface area contributed by atoms with E-state index in [1.165, 1.54) is 95.8 Å². The third kappa shape index (κ3) is 14.1. The highest BCUT2D eigenvalue weighted by atomic mass is 15.1. The maximum Gasteiger partial charge on any atom is 0.0366 e. The number of hydrogen-bond donors (Lipinski definition) is 1. The molecule has 2 aromatic carbocycles. The van der Waals surface area contributed by atoms with Crippen molar-refractivity contribution in [2.24, 2.45) is 0 Å². The van der Waals surface area contributed by atoms with Gasteiger partial charge in [-0.2, -0.15) is 0 Å². The fraction of sp³-hybridized carbons (Fsp3) is 0.571. The quantitative estimate of drug-likeness (QED) is 0.235. The Morgan fingerprint density at radius 3 is 1.33 bits per heavy atom. The van der Waals surface area contributed by atoms with Gasteiger partial charge in [-0.1, -0.05) is 114 Å². The number of nitrogens with zero attached hydrogens (tertiary/aromatic N) is 1. The topological polar surface area (TPSA) is 29.3 Å². The van der Waals surface area contributed by atoms with Crippen molar-refractivity contribution >= 4 is 11.4 Å². The van der Waals surface area contributed by atoms with Gasteiger partial charge in [0.15, 0.2) is 0 Å². The Kier molecular flexibility index (Phi) is 16.5. The van der Waals surface area contributed by atoms with E-state index in [-0.39, 0.29) is 0 Å². The molecule has 0 aliphatic heterocycles. The van der Waals surface area contributed by atoms with Crippen LogP contribution in [-0.2, 0) is 0 Å². The van der Waals surface area contributed by atoms with E-state index in [1.54, 1.807) is 0 Å². The molecule has 30 heavy (non-hydrogen) atoms. The van der Waals surface area contributed by atoms with Crippen LogP contribution in [0, 0.1) is 0 Å². The highest BCUT2D eigenvalue weighted by Gasteiger charge is 2.05. The summed E-state index contributed by atoms with van der Waals surface area (Å²) in [5.41, 5.74) is 7.59. The maximum absolute atomic E-state index is 5.36. The lowest BCUT2D eigenvalue weighted by molar-refractivity contribution is 0.575. The SMILES string of the molecule is CCCCCCCCN(CCCCCCCC)c1ccccc1.Nc1ccccc1. The Balaban J connectivity index is 0.000000539. The summed E-state index contributed by atoms with van der Waals surface area (Å²) in [5, 5.41) is 0. The summed E-state index contributed by atoms with van der Waals surface area (Å²) in [6, 6.07) is 20.5. The van der Waals surface area contributed by atoms with Crippen LogP contribution in [0.15, 0.2) is 60.7 Å². The van der Waals surface area contributed by atoms with Gasteiger partial charge < -0.3 is 10.6 Å². The number of para-hydroxylation sites is 2. The van der Waals surface area contributed by atoms with Crippen LogP contribution in [0.4, 0.5) is 11.4 Å². The lowest BCUT2D eigenvalue weighted by atomic mass is 10.1. The van der Waals surface area contributed by atoms with E-state index in [9.17, 15) is 0 Å². The molecule has 0 unspecified atom stereocenters. The van der Waals surface area contributed by atoms with Crippen LogP contribution in [-0.4, -0.2) is 13.1 Å². The number of nitrogen functional groups attached to an aromatic ring is 1. The van der Waals surface area contributed by atoms with Crippen LogP contribution in [0.5, 0.6) is 0 Å². The Morgan fingerprint density at radius 2 is 0.933 bits per heavy atom. The second kappa shape index (κ2) is 19.0. The Bertz CT molecular complexity index is 566. The molecule has 0 bridgehead atoms. The lowest BCUT2D eigenvalue weighted by Gasteiger charge is -2.25. The molecule has 2 aromatic rings. The van der Waals surface area contributed by atoms with Crippen molar-refractivity contribution < 1.29 is 0 Å². The van der Waals surface area contributed by atoms with Crippen molar-refractivity contribution in [1.82, 2.24) is 0 Å². The number of anilines is 2. The molecule has 0 saturated heterocycles. The zero-order valence-electron chi connectivity index (χ0n) is 19.7. The molecule has 2 nitrogen and oxygen atoms in total. The van der Waals surface area contributed by atoms with Gasteiger partial charge in [0.25, 0.3) is 0 Å². The second-order valence-electron chi connectivity index (χ2n) is 8.27. The van der Waals surface area contributed by atoms with E-state index in [0.717, 1.165) is 5.69 Å². The van der Waals surface area contributed by atoms with Gasteiger partial charge in [0, 0.05) is 24.5 Å². The number of hydrogen-bond acceptors (Lipinski definition) is 2. The highest BCUT2D eigenvalue weighted by Crippen LogP contribution is 2.17. The molecule has 0 spiro atoms. The molecule has 0 aliphatic rings. The first-order valence-electron chi connectivity index (χ1n) is 12.4. The van der Waals surface area contributed by atoms with Crippen molar-refractivity contribution in [3.05, 3.63) is 60.7 Å². The zero-order valence-corrected chi connectivity index (χ0v) is 19.7. The third-order valence-corrected chi connectivity index (χ3v) is 5.48. The van der Waals surface area contributed by atoms with Crippen LogP contribution in [0.25, 0.3) is 0 Å². The molecule has 0 aliphatic carbocycles. The average Bonchev–Trinajstić information content (AvgIpc) is 2.78. The molecule has 0 heterocycles. The number of rotatable bonds is 15. The molecule has 0 atom stereocenters. The summed E-state index contributed by atoms with van der Waals surface area (Å²) >= 11 is 0. The minimum absolute atomic E-state index is 0.822. The molecule has 0 fully saturated rings. The third-order valence-electron chi connectivity index (χ3n) is 5.48. The summed E-state index contributed by atoms with van der Waals surface area (Å²) in [6.45, 7) is 7.03. The van der Waals surface area contributed by atoms with Crippen molar-refractivity contribution in [3.8, 4) is 0 Å². The number of nitrogens with two attached hydrogens (primary N) is 1. The van der Waals surface area contributed by atoms with Crippen LogP contribution in [0.3, 0.4) is 0 Å². The van der Waals surface area contributed by atoms with Gasteiger partial charge in [0.2, 0.25) is 0 Å². The van der Waals surface area contributed by atoms with E-state index in [0.29, 0.717) is 0 Å². The van der Waals surface area contributed by atoms with Crippen LogP contribution >= 0.6 is 0 Å². The van der Waals surface area contributed by atoms with Crippen LogP contribution in [0.2, 0.25) is 0 Å². The largest absolute Gasteiger partial charge is 0.399 e. The summed E-state index contributed by atoms with van der Waals surface area (Å²) < 4.78 is 0. The van der Waals surface area contributed by atoms with Gasteiger partial charge in [-0.05, 0) is 37.1 Å². The Hall–Kier alpha value is -1.96. The highest BCUT2D eigenvalue weighted by molar-refractivity contribution is 5.45. The van der Waals surface area contributed by atoms with Gasteiger partial charge in [0.05, 0.1) is 0 Å². The van der Waals surface area contributed by atoms with Gasteiger partial charge in [-0.3, -0.25) is 0 Å². The minimum atomic E-state index is 0.822. The lowest BCUT2D eigenvalue weighted by Crippen LogP contribution is -2.25. The Labute approximate surface area is 186 Å². The van der Waals surface area contributed by atoms with Crippen LogP contribution in [0.1, 0.15) is 90.9 Å². The normalized spacial score (nSPS) is 10.3. The molecule has 0 radical (unpaired) electrons. The predicted molar refractivity (Wildman–Crippen MR) is 136 cm³/mol. The van der Waals surface area contributed by atoms with Gasteiger partial charge in [-0.15, -0.1) is 0 Å². The number of benzene rings is 2. The molecular weight excluding hydrogens is 364 g/mol. The molecule has 2 N–H and O–H groups in total. The van der Waals surface area contributed by atoms with Crippen molar-refractivity contribution in [2.45, 2.75) is 90.9 Å². The first-order valence-corrected chi connectivity index (χ1v) is 12.4. The van der Waals surface area contributed by atoms with E-state index < -0.39 is 0 Å². The summed E-state index contributed by atoms with van der Waals surface area (Å²) in [5.74, 6) is 0. The summed E-state index contributed by atoms with van der Waals surface area (Å²) in [7, 11) is 0. The smallest absolute Gasteiger partial charge is 0.0366 e. The van der Waals surface area contributed by atoms with E-state index in [2.05, 4.69) is 49.1 Å². The summed E-state index contributed by atoms with van der Waals surface area (Å²) in [6.07, 6.45) is 16.6. The van der Waals surface area contributed by atoms with Gasteiger partial charge >= 0.3 is 0 Å². The molecule has 0 saturated carbocycles. The van der Waals surface area contributed by atoms with Gasteiger partial charge in [0.1, 0.15) is 0 Å². The van der Waals surface area contributed by atoms with E-state index >= 15 is 0 Å². The minimum Gasteiger partial charge on any atom is -0.399 e. The van der Waals surface area contributed by atoms with Crippen LogP contribution < -0.4 is 10.6 Å². The monoisotopic (exact) mass is 410 g/mol. The van der Waals surface area contributed by atoms with Gasteiger partial charge in [-0.25, -0.2) is 0 Å². The predicted octanol–water partition coefficient (Wildman–Crippen LogP) is 8.48. The Morgan fingerprint density at radius 1 is 0.533 bits per heavy atom. The fourth-order valence-corrected chi connectivity index (χ4v) is 3.63. The molecule has 2 heteroatoms. The second-order valence-corrected chi connectivity index (χ2v) is 8.27. The number of unbranched alkanes of at least 4 members (excludes halogenated alkanes) is 10. The molecule has 0 aromatic heterocycles. The summed E-state index contributed by atoms with van der Waals surface area (Å²) in [4.78, 5) is 2.61. The molecule has 0 amide bonds. The standard InChI is InChI=1S/C22H39N.C6H7N/c1-3-5-7-9-11-16-20-23(22-18-14-13-15-19-22)21-17-12-10-8-6-4-2;7-6-4-2-1-3-5-6/h13-15,18-19H,3-12,16-17,20-21H2,1-2H3;1-5H,7H2. The van der Waals surface area contributed by atoms with E-state index in [1.807, 2.05) is 30.3 Å². The van der Waals surface area contributed by atoms with Crippen molar-refractivity contribution in [3.63, 3.8) is 0 Å². The maximum atomic E-state index is 5.36. The first kappa shape index (κ1) is 26.1. The zero-order chi connectivity index (χ0) is 21.7.